The molecule has 0 fully saturated rings. The maximum Gasteiger partial charge on any atom is 0.183 e. The summed E-state index contributed by atoms with van der Waals surface area (Å²) in [5.74, 6) is -1.40. The van der Waals surface area contributed by atoms with Gasteiger partial charge < -0.3 is 5.11 Å². The summed E-state index contributed by atoms with van der Waals surface area (Å²) in [4.78, 5) is 0. The number of rotatable bonds is 0. The van der Waals surface area contributed by atoms with Crippen molar-refractivity contribution in [2.24, 2.45) is 0 Å². The van der Waals surface area contributed by atoms with E-state index in [1.165, 1.54) is 12.1 Å². The molecule has 1 rings (SSSR count). The molecular weight excluding hydrogens is 213 g/mol. The molecule has 0 aromatic heterocycles. The smallest absolute Gasteiger partial charge is 0.183 e. The SMILES string of the molecule is N#Cc1c(Br)ccc(O)c1F. The largest absolute Gasteiger partial charge is 0.505 e. The number of benzene rings is 1. The van der Waals surface area contributed by atoms with Crippen LogP contribution in [0.1, 0.15) is 5.56 Å². The molecule has 0 unspecified atom stereocenters. The normalized spacial score (nSPS) is 9.18. The molecule has 0 heterocycles. The molecule has 0 bridgehead atoms. The molecule has 2 nitrogen and oxygen atoms in total. The zero-order chi connectivity index (χ0) is 8.43. The van der Waals surface area contributed by atoms with Gasteiger partial charge in [-0.3, -0.25) is 0 Å². The number of nitriles is 1. The highest BCUT2D eigenvalue weighted by Gasteiger charge is 2.09. The molecule has 0 saturated carbocycles. The molecule has 0 aliphatic heterocycles. The van der Waals surface area contributed by atoms with Gasteiger partial charge in [-0.15, -0.1) is 0 Å². The van der Waals surface area contributed by atoms with Crippen LogP contribution in [-0.2, 0) is 0 Å². The molecule has 0 aliphatic carbocycles. The van der Waals surface area contributed by atoms with E-state index in [2.05, 4.69) is 15.9 Å². The summed E-state index contributed by atoms with van der Waals surface area (Å²) in [6.07, 6.45) is 0. The molecule has 1 N–H and O–H groups in total. The van der Waals surface area contributed by atoms with Crippen molar-refractivity contribution < 1.29 is 9.50 Å². The summed E-state index contributed by atoms with van der Waals surface area (Å²) in [7, 11) is 0. The van der Waals surface area contributed by atoms with Gasteiger partial charge in [0.05, 0.1) is 0 Å². The van der Waals surface area contributed by atoms with E-state index >= 15 is 0 Å². The van der Waals surface area contributed by atoms with E-state index in [0.717, 1.165) is 0 Å². The van der Waals surface area contributed by atoms with Gasteiger partial charge >= 0.3 is 0 Å². The Morgan fingerprint density at radius 3 is 2.64 bits per heavy atom. The van der Waals surface area contributed by atoms with Crippen LogP contribution in [0, 0.1) is 17.1 Å². The number of aromatic hydroxyl groups is 1. The Hall–Kier alpha value is -1.08. The first kappa shape index (κ1) is 8.02. The highest BCUT2D eigenvalue weighted by molar-refractivity contribution is 9.10. The maximum absolute atomic E-state index is 12.8. The van der Waals surface area contributed by atoms with E-state index in [0.29, 0.717) is 4.47 Å². The van der Waals surface area contributed by atoms with Gasteiger partial charge in [0.15, 0.2) is 11.6 Å². The summed E-state index contributed by atoms with van der Waals surface area (Å²) in [5.41, 5.74) is -0.176. The van der Waals surface area contributed by atoms with Crippen molar-refractivity contribution in [3.63, 3.8) is 0 Å². The molecule has 0 saturated heterocycles. The van der Waals surface area contributed by atoms with Crippen molar-refractivity contribution in [2.45, 2.75) is 0 Å². The fraction of sp³-hybridized carbons (Fsp3) is 0. The van der Waals surface area contributed by atoms with E-state index in [1.807, 2.05) is 0 Å². The third kappa shape index (κ3) is 1.33. The van der Waals surface area contributed by atoms with Gasteiger partial charge in [0, 0.05) is 4.47 Å². The Balaban J connectivity index is 3.44. The first-order chi connectivity index (χ1) is 5.16. The summed E-state index contributed by atoms with van der Waals surface area (Å²) in [6, 6.07) is 4.22. The van der Waals surface area contributed by atoms with E-state index in [9.17, 15) is 4.39 Å². The number of phenols is 1. The van der Waals surface area contributed by atoms with Gasteiger partial charge in [-0.25, -0.2) is 4.39 Å². The molecule has 0 aliphatic rings. The quantitative estimate of drug-likeness (QED) is 0.722. The topological polar surface area (TPSA) is 44.0 Å². The highest BCUT2D eigenvalue weighted by atomic mass is 79.9. The van der Waals surface area contributed by atoms with Crippen LogP contribution in [0.2, 0.25) is 0 Å². The Bertz CT molecular complexity index is 332. The first-order valence-electron chi connectivity index (χ1n) is 2.74. The average molecular weight is 216 g/mol. The van der Waals surface area contributed by atoms with Crippen molar-refractivity contribution in [1.82, 2.24) is 0 Å². The second-order valence-electron chi connectivity index (χ2n) is 1.87. The fourth-order valence-electron chi connectivity index (χ4n) is 0.644. The zero-order valence-electron chi connectivity index (χ0n) is 5.31. The van der Waals surface area contributed by atoms with Crippen LogP contribution in [0.25, 0.3) is 0 Å². The molecule has 0 atom stereocenters. The molecule has 11 heavy (non-hydrogen) atoms. The van der Waals surface area contributed by atoms with E-state index in [-0.39, 0.29) is 5.56 Å². The van der Waals surface area contributed by atoms with Gasteiger partial charge in [-0.05, 0) is 28.1 Å². The third-order valence-corrected chi connectivity index (χ3v) is 1.84. The summed E-state index contributed by atoms with van der Waals surface area (Å²) < 4.78 is 13.1. The second kappa shape index (κ2) is 2.89. The molecular formula is C7H3BrFNO. The predicted molar refractivity (Wildman–Crippen MR) is 40.5 cm³/mol. The minimum Gasteiger partial charge on any atom is -0.505 e. The first-order valence-corrected chi connectivity index (χ1v) is 3.53. The Morgan fingerprint density at radius 1 is 1.55 bits per heavy atom. The van der Waals surface area contributed by atoms with Gasteiger partial charge in [0.25, 0.3) is 0 Å². The Labute approximate surface area is 71.0 Å². The standard InChI is InChI=1S/C7H3BrFNO/c8-5-1-2-6(11)7(9)4(5)3-10/h1-2,11H. The lowest BCUT2D eigenvalue weighted by molar-refractivity contribution is 0.431. The lowest BCUT2D eigenvalue weighted by Crippen LogP contribution is -1.85. The van der Waals surface area contributed by atoms with Crippen molar-refractivity contribution in [3.8, 4) is 11.8 Å². The van der Waals surface area contributed by atoms with E-state index in [4.69, 9.17) is 10.4 Å². The molecule has 56 valence electrons. The third-order valence-electron chi connectivity index (χ3n) is 1.18. The molecule has 4 heteroatoms. The Morgan fingerprint density at radius 2 is 2.18 bits per heavy atom. The number of halogens is 2. The average Bonchev–Trinajstić information content (AvgIpc) is 1.99. The summed E-state index contributed by atoms with van der Waals surface area (Å²) in [6.45, 7) is 0. The lowest BCUT2D eigenvalue weighted by Gasteiger charge is -1.97. The van der Waals surface area contributed by atoms with Crippen LogP contribution in [0.3, 0.4) is 0 Å². The maximum atomic E-state index is 12.8. The zero-order valence-corrected chi connectivity index (χ0v) is 6.89. The van der Waals surface area contributed by atoms with Crippen LogP contribution in [-0.4, -0.2) is 5.11 Å². The van der Waals surface area contributed by atoms with Crippen LogP contribution < -0.4 is 0 Å². The second-order valence-corrected chi connectivity index (χ2v) is 2.72. The van der Waals surface area contributed by atoms with Crippen molar-refractivity contribution in [3.05, 3.63) is 28.0 Å². The van der Waals surface area contributed by atoms with E-state index < -0.39 is 11.6 Å². The van der Waals surface area contributed by atoms with Gasteiger partial charge in [0.2, 0.25) is 0 Å². The van der Waals surface area contributed by atoms with Gasteiger partial charge in [0.1, 0.15) is 11.6 Å². The van der Waals surface area contributed by atoms with Gasteiger partial charge in [-0.1, -0.05) is 0 Å². The molecule has 0 spiro atoms. The van der Waals surface area contributed by atoms with Crippen LogP contribution >= 0.6 is 15.9 Å². The number of hydrogen-bond donors (Lipinski definition) is 1. The van der Waals surface area contributed by atoms with Gasteiger partial charge in [-0.2, -0.15) is 5.26 Å². The monoisotopic (exact) mass is 215 g/mol. The molecule has 0 amide bonds. The van der Waals surface area contributed by atoms with Crippen LogP contribution in [0.5, 0.6) is 5.75 Å². The highest BCUT2D eigenvalue weighted by Crippen LogP contribution is 2.25. The summed E-state index contributed by atoms with van der Waals surface area (Å²) in [5, 5.41) is 17.2. The number of hydrogen-bond acceptors (Lipinski definition) is 2. The minimum atomic E-state index is -0.887. The van der Waals surface area contributed by atoms with Crippen molar-refractivity contribution in [1.29, 1.82) is 5.26 Å². The number of phenolic OH excluding ortho intramolecular Hbond substituents is 1. The van der Waals surface area contributed by atoms with Crippen molar-refractivity contribution in [2.75, 3.05) is 0 Å². The minimum absolute atomic E-state index is 0.176. The Kier molecular flexibility index (Phi) is 2.11. The van der Waals surface area contributed by atoms with Crippen molar-refractivity contribution >= 4 is 15.9 Å². The number of nitrogens with zero attached hydrogens (tertiary/aromatic N) is 1. The van der Waals surface area contributed by atoms with E-state index in [1.54, 1.807) is 6.07 Å². The fourth-order valence-corrected chi connectivity index (χ4v) is 1.04. The van der Waals surface area contributed by atoms with Crippen LogP contribution in [0.4, 0.5) is 4.39 Å². The molecule has 1 aromatic rings. The predicted octanol–water partition coefficient (Wildman–Crippen LogP) is 2.17. The molecule has 0 radical (unpaired) electrons. The van der Waals surface area contributed by atoms with Crippen LogP contribution in [0.15, 0.2) is 16.6 Å². The lowest BCUT2D eigenvalue weighted by atomic mass is 10.2. The summed E-state index contributed by atoms with van der Waals surface area (Å²) >= 11 is 2.97. The molecule has 1 aromatic carbocycles.